The molecule has 0 fully saturated rings. The molecule has 0 aliphatic rings. The van der Waals surface area contributed by atoms with Crippen molar-refractivity contribution in [1.82, 2.24) is 10.1 Å². The van der Waals surface area contributed by atoms with Crippen molar-refractivity contribution in [2.24, 2.45) is 0 Å². The monoisotopic (exact) mass is 269 g/mol. The van der Waals surface area contributed by atoms with Crippen LogP contribution in [0.3, 0.4) is 0 Å². The fourth-order valence-electron chi connectivity index (χ4n) is 1.34. The number of rotatable bonds is 4. The van der Waals surface area contributed by atoms with Crippen LogP contribution in [0.25, 0.3) is 11.5 Å². The minimum Gasteiger partial charge on any atom is -0.397 e. The van der Waals surface area contributed by atoms with Gasteiger partial charge in [-0.25, -0.2) is 0 Å². The highest BCUT2D eigenvalue weighted by atomic mass is 35.5. The van der Waals surface area contributed by atoms with Gasteiger partial charge in [0.15, 0.2) is 5.82 Å². The van der Waals surface area contributed by atoms with Gasteiger partial charge in [0.25, 0.3) is 5.89 Å². The second-order valence-corrected chi connectivity index (χ2v) is 5.04. The minimum absolute atomic E-state index is 0.414. The first kappa shape index (κ1) is 12.3. The summed E-state index contributed by atoms with van der Waals surface area (Å²) in [6.07, 6.45) is 0. The third-order valence-corrected chi connectivity index (χ3v) is 3.39. The van der Waals surface area contributed by atoms with E-state index >= 15 is 0 Å². The molecule has 0 spiro atoms. The van der Waals surface area contributed by atoms with Gasteiger partial charge >= 0.3 is 0 Å². The van der Waals surface area contributed by atoms with Crippen LogP contribution in [0.1, 0.15) is 12.7 Å². The second-order valence-electron chi connectivity index (χ2n) is 3.35. The van der Waals surface area contributed by atoms with E-state index in [2.05, 4.69) is 17.1 Å². The number of thioether (sulfide) groups is 1. The van der Waals surface area contributed by atoms with Crippen LogP contribution < -0.4 is 5.73 Å². The molecule has 17 heavy (non-hydrogen) atoms. The molecule has 0 aliphatic carbocycles. The Morgan fingerprint density at radius 1 is 1.47 bits per heavy atom. The highest BCUT2D eigenvalue weighted by Crippen LogP contribution is 2.30. The number of nitrogens with two attached hydrogens (primary N) is 1. The number of anilines is 1. The van der Waals surface area contributed by atoms with Crippen molar-refractivity contribution >= 4 is 29.1 Å². The van der Waals surface area contributed by atoms with Gasteiger partial charge in [-0.1, -0.05) is 29.7 Å². The molecule has 2 N–H and O–H groups in total. The van der Waals surface area contributed by atoms with Crippen molar-refractivity contribution < 1.29 is 4.52 Å². The zero-order valence-electron chi connectivity index (χ0n) is 9.31. The first-order valence-electron chi connectivity index (χ1n) is 5.17. The Morgan fingerprint density at radius 2 is 2.29 bits per heavy atom. The third-order valence-electron chi connectivity index (χ3n) is 2.19. The molecule has 0 bridgehead atoms. The number of benzene rings is 1. The van der Waals surface area contributed by atoms with Crippen LogP contribution in [0.2, 0.25) is 5.02 Å². The minimum atomic E-state index is 0.414. The highest BCUT2D eigenvalue weighted by Gasteiger charge is 2.12. The van der Waals surface area contributed by atoms with E-state index in [-0.39, 0.29) is 0 Å². The number of halogens is 1. The van der Waals surface area contributed by atoms with Crippen LogP contribution in [-0.4, -0.2) is 15.9 Å². The van der Waals surface area contributed by atoms with Crippen LogP contribution in [-0.2, 0) is 5.75 Å². The van der Waals surface area contributed by atoms with E-state index in [9.17, 15) is 0 Å². The normalized spacial score (nSPS) is 10.7. The van der Waals surface area contributed by atoms with Gasteiger partial charge in [0, 0.05) is 0 Å². The molecule has 0 saturated carbocycles. The molecule has 4 nitrogen and oxygen atoms in total. The number of para-hydroxylation sites is 1. The lowest BCUT2D eigenvalue weighted by molar-refractivity contribution is 0.425. The summed E-state index contributed by atoms with van der Waals surface area (Å²) >= 11 is 7.67. The van der Waals surface area contributed by atoms with Crippen molar-refractivity contribution in [2.45, 2.75) is 12.7 Å². The maximum absolute atomic E-state index is 5.94. The zero-order chi connectivity index (χ0) is 12.3. The quantitative estimate of drug-likeness (QED) is 0.864. The molecule has 2 rings (SSSR count). The second kappa shape index (κ2) is 5.42. The molecule has 0 radical (unpaired) electrons. The Hall–Kier alpha value is -1.20. The molecule has 0 aliphatic heterocycles. The molecule has 6 heteroatoms. The molecule has 2 aromatic rings. The molecule has 0 atom stereocenters. The van der Waals surface area contributed by atoms with Crippen molar-refractivity contribution in [3.05, 3.63) is 29.0 Å². The lowest BCUT2D eigenvalue weighted by Gasteiger charge is -2.01. The predicted octanol–water partition coefficient (Wildman–Crippen LogP) is 3.23. The van der Waals surface area contributed by atoms with Crippen molar-refractivity contribution in [2.75, 3.05) is 11.5 Å². The Labute approximate surface area is 109 Å². The van der Waals surface area contributed by atoms with Gasteiger partial charge in [-0.15, -0.1) is 0 Å². The zero-order valence-corrected chi connectivity index (χ0v) is 10.9. The highest BCUT2D eigenvalue weighted by molar-refractivity contribution is 7.98. The summed E-state index contributed by atoms with van der Waals surface area (Å²) in [5.41, 5.74) is 7.00. The average molecular weight is 270 g/mol. The van der Waals surface area contributed by atoms with Crippen LogP contribution in [0, 0.1) is 0 Å². The summed E-state index contributed by atoms with van der Waals surface area (Å²) < 4.78 is 5.17. The van der Waals surface area contributed by atoms with Crippen molar-refractivity contribution in [3.8, 4) is 11.5 Å². The SMILES string of the molecule is CCSCc1noc(-c2cccc(Cl)c2N)n1. The largest absolute Gasteiger partial charge is 0.397 e. The van der Waals surface area contributed by atoms with E-state index in [0.29, 0.717) is 28.0 Å². The van der Waals surface area contributed by atoms with Gasteiger partial charge in [-0.2, -0.15) is 16.7 Å². The summed E-state index contributed by atoms with van der Waals surface area (Å²) in [5.74, 6) is 2.84. The molecular formula is C11H12ClN3OS. The summed E-state index contributed by atoms with van der Waals surface area (Å²) in [6, 6.07) is 5.34. The van der Waals surface area contributed by atoms with E-state index in [1.807, 2.05) is 6.07 Å². The van der Waals surface area contributed by atoms with Crippen LogP contribution in [0.5, 0.6) is 0 Å². The van der Waals surface area contributed by atoms with Crippen LogP contribution >= 0.6 is 23.4 Å². The molecule has 0 amide bonds. The maximum Gasteiger partial charge on any atom is 0.260 e. The van der Waals surface area contributed by atoms with Gasteiger partial charge < -0.3 is 10.3 Å². The summed E-state index contributed by atoms with van der Waals surface area (Å²) in [6.45, 7) is 2.08. The molecule has 0 saturated heterocycles. The topological polar surface area (TPSA) is 64.9 Å². The van der Waals surface area contributed by atoms with Crippen molar-refractivity contribution in [1.29, 1.82) is 0 Å². The fraction of sp³-hybridized carbons (Fsp3) is 0.273. The number of hydrogen-bond acceptors (Lipinski definition) is 5. The maximum atomic E-state index is 5.94. The number of hydrogen-bond donors (Lipinski definition) is 1. The van der Waals surface area contributed by atoms with Gasteiger partial charge in [-0.3, -0.25) is 0 Å². The predicted molar refractivity (Wildman–Crippen MR) is 71.0 cm³/mol. The standard InChI is InChI=1S/C11H12ClN3OS/c1-2-17-6-9-14-11(16-15-9)7-4-3-5-8(12)10(7)13/h3-5H,2,6,13H2,1H3. The first-order chi connectivity index (χ1) is 8.22. The Bertz CT molecular complexity index is 515. The Kier molecular flexibility index (Phi) is 3.91. The molecular weight excluding hydrogens is 258 g/mol. The molecule has 0 unspecified atom stereocenters. The number of nitrogens with zero attached hydrogens (tertiary/aromatic N) is 2. The first-order valence-corrected chi connectivity index (χ1v) is 6.70. The van der Waals surface area contributed by atoms with Gasteiger partial charge in [0.2, 0.25) is 0 Å². The van der Waals surface area contributed by atoms with Crippen LogP contribution in [0.4, 0.5) is 5.69 Å². The van der Waals surface area contributed by atoms with E-state index in [4.69, 9.17) is 21.9 Å². The van der Waals surface area contributed by atoms with Crippen LogP contribution in [0.15, 0.2) is 22.7 Å². The smallest absolute Gasteiger partial charge is 0.260 e. The summed E-state index contributed by atoms with van der Waals surface area (Å²) in [4.78, 5) is 4.28. The van der Waals surface area contributed by atoms with Gasteiger partial charge in [-0.05, 0) is 17.9 Å². The molecule has 1 aromatic heterocycles. The Morgan fingerprint density at radius 3 is 3.06 bits per heavy atom. The summed E-state index contributed by atoms with van der Waals surface area (Å²) in [7, 11) is 0. The number of aromatic nitrogens is 2. The molecule has 1 aromatic carbocycles. The van der Waals surface area contributed by atoms with E-state index in [1.165, 1.54) is 0 Å². The molecule has 1 heterocycles. The van der Waals surface area contributed by atoms with Crippen molar-refractivity contribution in [3.63, 3.8) is 0 Å². The molecule has 90 valence electrons. The average Bonchev–Trinajstić information content (AvgIpc) is 2.78. The third kappa shape index (κ3) is 2.73. The fourth-order valence-corrected chi connectivity index (χ4v) is 2.02. The van der Waals surface area contributed by atoms with E-state index < -0.39 is 0 Å². The lowest BCUT2D eigenvalue weighted by atomic mass is 10.2. The van der Waals surface area contributed by atoms with E-state index in [1.54, 1.807) is 23.9 Å². The van der Waals surface area contributed by atoms with Gasteiger partial charge in [0.1, 0.15) is 0 Å². The van der Waals surface area contributed by atoms with E-state index in [0.717, 1.165) is 11.5 Å². The Balaban J connectivity index is 2.27. The summed E-state index contributed by atoms with van der Waals surface area (Å²) in [5, 5.41) is 4.39. The lowest BCUT2D eigenvalue weighted by Crippen LogP contribution is -1.91. The van der Waals surface area contributed by atoms with Gasteiger partial charge in [0.05, 0.1) is 22.0 Å². The number of nitrogen functional groups attached to an aromatic ring is 1.